The summed E-state index contributed by atoms with van der Waals surface area (Å²) in [7, 11) is 1.33. The van der Waals surface area contributed by atoms with Crippen molar-refractivity contribution in [2.75, 3.05) is 20.2 Å². The minimum atomic E-state index is -0.319. The van der Waals surface area contributed by atoms with Crippen LogP contribution in [0.1, 0.15) is 29.5 Å². The first-order chi connectivity index (χ1) is 8.10. The Morgan fingerprint density at radius 3 is 2.65 bits per heavy atom. The summed E-state index contributed by atoms with van der Waals surface area (Å²) in [4.78, 5) is 24.7. The van der Waals surface area contributed by atoms with Crippen molar-refractivity contribution >= 4 is 11.9 Å². The molecule has 1 amide bonds. The van der Waals surface area contributed by atoms with Gasteiger partial charge in [-0.15, -0.1) is 0 Å². The fourth-order valence-corrected chi connectivity index (χ4v) is 1.51. The van der Waals surface area contributed by atoms with Gasteiger partial charge in [-0.25, -0.2) is 0 Å². The Morgan fingerprint density at radius 2 is 2.18 bits per heavy atom. The minimum absolute atomic E-state index is 0.123. The molecule has 0 aromatic carbocycles. The van der Waals surface area contributed by atoms with Gasteiger partial charge in [-0.2, -0.15) is 0 Å². The molecule has 0 N–H and O–H groups in total. The summed E-state index contributed by atoms with van der Waals surface area (Å²) < 4.78 is 9.63. The molecule has 0 spiro atoms. The molecule has 0 saturated heterocycles. The number of hydrogen-bond donors (Lipinski definition) is 0. The smallest absolute Gasteiger partial charge is 0.307 e. The van der Waals surface area contributed by atoms with Gasteiger partial charge in [-0.1, -0.05) is 0 Å². The monoisotopic (exact) mass is 239 g/mol. The van der Waals surface area contributed by atoms with Crippen molar-refractivity contribution in [1.29, 1.82) is 0 Å². The number of methoxy groups -OCH3 is 1. The Morgan fingerprint density at radius 1 is 1.47 bits per heavy atom. The standard InChI is InChI=1S/C12H17NO4/c1-4-13(7-5-11(14)16-3)12(15)10-6-8-17-9(10)2/h6,8H,4-5,7H2,1-3H3. The van der Waals surface area contributed by atoms with Crippen molar-refractivity contribution in [3.05, 3.63) is 23.7 Å². The molecule has 0 radical (unpaired) electrons. The van der Waals surface area contributed by atoms with E-state index in [1.165, 1.54) is 13.4 Å². The summed E-state index contributed by atoms with van der Waals surface area (Å²) in [5, 5.41) is 0. The van der Waals surface area contributed by atoms with Crippen LogP contribution >= 0.6 is 0 Å². The fraction of sp³-hybridized carbons (Fsp3) is 0.500. The van der Waals surface area contributed by atoms with Gasteiger partial charge < -0.3 is 14.1 Å². The maximum Gasteiger partial charge on any atom is 0.307 e. The quantitative estimate of drug-likeness (QED) is 0.732. The van der Waals surface area contributed by atoms with E-state index in [0.717, 1.165) is 0 Å². The zero-order valence-corrected chi connectivity index (χ0v) is 10.4. The van der Waals surface area contributed by atoms with E-state index in [2.05, 4.69) is 4.74 Å². The Kier molecular flexibility index (Phi) is 4.75. The first-order valence-electron chi connectivity index (χ1n) is 5.50. The largest absolute Gasteiger partial charge is 0.469 e. The van der Waals surface area contributed by atoms with E-state index in [9.17, 15) is 9.59 Å². The minimum Gasteiger partial charge on any atom is -0.469 e. The maximum atomic E-state index is 12.1. The van der Waals surface area contributed by atoms with E-state index in [1.807, 2.05) is 6.92 Å². The van der Waals surface area contributed by atoms with E-state index >= 15 is 0 Å². The third-order valence-corrected chi connectivity index (χ3v) is 2.57. The average Bonchev–Trinajstić information content (AvgIpc) is 2.75. The van der Waals surface area contributed by atoms with Gasteiger partial charge in [-0.05, 0) is 19.9 Å². The van der Waals surface area contributed by atoms with Crippen LogP contribution in [0.15, 0.2) is 16.7 Å². The molecular formula is C12H17NO4. The molecular weight excluding hydrogens is 222 g/mol. The molecule has 5 nitrogen and oxygen atoms in total. The molecule has 1 aromatic heterocycles. The summed E-state index contributed by atoms with van der Waals surface area (Å²) in [6, 6.07) is 1.64. The van der Waals surface area contributed by atoms with Crippen molar-refractivity contribution in [2.45, 2.75) is 20.3 Å². The van der Waals surface area contributed by atoms with Gasteiger partial charge in [0.15, 0.2) is 0 Å². The molecule has 1 heterocycles. The van der Waals surface area contributed by atoms with Gasteiger partial charge in [0.1, 0.15) is 5.76 Å². The molecule has 0 aliphatic heterocycles. The molecule has 5 heteroatoms. The predicted octanol–water partition coefficient (Wildman–Crippen LogP) is 1.61. The fourth-order valence-electron chi connectivity index (χ4n) is 1.51. The van der Waals surface area contributed by atoms with Crippen molar-refractivity contribution in [1.82, 2.24) is 4.90 Å². The second-order valence-electron chi connectivity index (χ2n) is 3.60. The van der Waals surface area contributed by atoms with Gasteiger partial charge in [0.05, 0.1) is 25.4 Å². The molecule has 0 saturated carbocycles. The second-order valence-corrected chi connectivity index (χ2v) is 3.60. The van der Waals surface area contributed by atoms with Crippen LogP contribution < -0.4 is 0 Å². The summed E-state index contributed by atoms with van der Waals surface area (Å²) >= 11 is 0. The summed E-state index contributed by atoms with van der Waals surface area (Å²) in [6.45, 7) is 4.50. The highest BCUT2D eigenvalue weighted by Gasteiger charge is 2.18. The predicted molar refractivity (Wildman–Crippen MR) is 61.7 cm³/mol. The topological polar surface area (TPSA) is 59.8 Å². The van der Waals surface area contributed by atoms with Crippen molar-refractivity contribution in [2.24, 2.45) is 0 Å². The normalized spacial score (nSPS) is 10.1. The van der Waals surface area contributed by atoms with E-state index in [4.69, 9.17) is 4.42 Å². The van der Waals surface area contributed by atoms with Crippen LogP contribution in [0, 0.1) is 6.92 Å². The lowest BCUT2D eigenvalue weighted by Gasteiger charge is -2.19. The average molecular weight is 239 g/mol. The van der Waals surface area contributed by atoms with Crippen molar-refractivity contribution < 1.29 is 18.7 Å². The lowest BCUT2D eigenvalue weighted by atomic mass is 10.2. The number of hydrogen-bond acceptors (Lipinski definition) is 4. The molecule has 17 heavy (non-hydrogen) atoms. The molecule has 94 valence electrons. The third-order valence-electron chi connectivity index (χ3n) is 2.57. The Bertz CT molecular complexity index is 397. The number of carbonyl (C=O) groups is 2. The van der Waals surface area contributed by atoms with E-state index < -0.39 is 0 Å². The lowest BCUT2D eigenvalue weighted by molar-refractivity contribution is -0.140. The van der Waals surface area contributed by atoms with Crippen LogP contribution in [0.25, 0.3) is 0 Å². The Labute approximate surface area is 100 Å². The summed E-state index contributed by atoms with van der Waals surface area (Å²) in [5.41, 5.74) is 0.539. The van der Waals surface area contributed by atoms with Gasteiger partial charge in [0, 0.05) is 13.1 Å². The second kappa shape index (κ2) is 6.08. The molecule has 0 aliphatic rings. The third kappa shape index (κ3) is 3.34. The summed E-state index contributed by atoms with van der Waals surface area (Å²) in [5.74, 6) is 0.148. The van der Waals surface area contributed by atoms with Crippen LogP contribution in [0.2, 0.25) is 0 Å². The van der Waals surface area contributed by atoms with Gasteiger partial charge in [-0.3, -0.25) is 9.59 Å². The lowest BCUT2D eigenvalue weighted by Crippen LogP contribution is -2.33. The maximum absolute atomic E-state index is 12.1. The van der Waals surface area contributed by atoms with Gasteiger partial charge >= 0.3 is 5.97 Å². The molecule has 1 aromatic rings. The number of esters is 1. The highest BCUT2D eigenvalue weighted by molar-refractivity contribution is 5.95. The van der Waals surface area contributed by atoms with Crippen LogP contribution in [-0.2, 0) is 9.53 Å². The number of furan rings is 1. The highest BCUT2D eigenvalue weighted by Crippen LogP contribution is 2.12. The van der Waals surface area contributed by atoms with Crippen LogP contribution in [-0.4, -0.2) is 37.0 Å². The zero-order valence-electron chi connectivity index (χ0n) is 10.4. The van der Waals surface area contributed by atoms with E-state index in [0.29, 0.717) is 24.4 Å². The number of amides is 1. The molecule has 0 aliphatic carbocycles. The molecule has 0 bridgehead atoms. The van der Waals surface area contributed by atoms with Crippen LogP contribution in [0.5, 0.6) is 0 Å². The first kappa shape index (κ1) is 13.3. The molecule has 0 atom stereocenters. The number of carbonyl (C=O) groups excluding carboxylic acids is 2. The Hall–Kier alpha value is -1.78. The van der Waals surface area contributed by atoms with E-state index in [-0.39, 0.29) is 18.3 Å². The SMILES string of the molecule is CCN(CCC(=O)OC)C(=O)c1ccoc1C. The number of rotatable bonds is 5. The van der Waals surface area contributed by atoms with Crippen LogP contribution in [0.4, 0.5) is 0 Å². The van der Waals surface area contributed by atoms with E-state index in [1.54, 1.807) is 17.9 Å². The first-order valence-corrected chi connectivity index (χ1v) is 5.50. The van der Waals surface area contributed by atoms with Crippen LogP contribution in [0.3, 0.4) is 0 Å². The van der Waals surface area contributed by atoms with Gasteiger partial charge in [0.25, 0.3) is 5.91 Å². The van der Waals surface area contributed by atoms with Gasteiger partial charge in [0.2, 0.25) is 0 Å². The molecule has 0 fully saturated rings. The highest BCUT2D eigenvalue weighted by atomic mass is 16.5. The molecule has 0 unspecified atom stereocenters. The number of nitrogens with zero attached hydrogens (tertiary/aromatic N) is 1. The number of ether oxygens (including phenoxy) is 1. The van der Waals surface area contributed by atoms with Crippen molar-refractivity contribution in [3.63, 3.8) is 0 Å². The zero-order chi connectivity index (χ0) is 12.8. The number of aryl methyl sites for hydroxylation is 1. The van der Waals surface area contributed by atoms with Crippen molar-refractivity contribution in [3.8, 4) is 0 Å². The Balaban J connectivity index is 2.65. The molecule has 1 rings (SSSR count). The summed E-state index contributed by atoms with van der Waals surface area (Å²) in [6.07, 6.45) is 1.68.